The Hall–Kier alpha value is -1.43. The van der Waals surface area contributed by atoms with Crippen LogP contribution in [0.2, 0.25) is 0 Å². The summed E-state index contributed by atoms with van der Waals surface area (Å²) in [5.74, 6) is 0.844. The zero-order chi connectivity index (χ0) is 18.6. The number of hydrogen-bond acceptors (Lipinski definition) is 4. The van der Waals surface area contributed by atoms with Crippen molar-refractivity contribution in [2.75, 3.05) is 13.1 Å². The molecule has 3 aliphatic rings. The van der Waals surface area contributed by atoms with E-state index in [4.69, 9.17) is 0 Å². The second-order valence-electron chi connectivity index (χ2n) is 8.60. The van der Waals surface area contributed by atoms with E-state index < -0.39 is 0 Å². The van der Waals surface area contributed by atoms with Gasteiger partial charge in [0.2, 0.25) is 5.91 Å². The van der Waals surface area contributed by atoms with Gasteiger partial charge < -0.3 is 15.7 Å². The van der Waals surface area contributed by atoms with Crippen molar-refractivity contribution >= 4 is 5.91 Å². The van der Waals surface area contributed by atoms with Gasteiger partial charge in [0.05, 0.1) is 12.1 Å². The molecule has 1 aromatic rings. The van der Waals surface area contributed by atoms with Gasteiger partial charge in [0.25, 0.3) is 0 Å². The van der Waals surface area contributed by atoms with Crippen LogP contribution in [0.5, 0.6) is 0 Å². The van der Waals surface area contributed by atoms with Crippen molar-refractivity contribution in [1.29, 1.82) is 0 Å². The fourth-order valence-corrected chi connectivity index (χ4v) is 5.03. The van der Waals surface area contributed by atoms with Crippen LogP contribution in [0.3, 0.4) is 0 Å². The number of amides is 1. The summed E-state index contributed by atoms with van der Waals surface area (Å²) < 4.78 is 0. The number of piperidine rings is 1. The number of aliphatic hydroxyl groups excluding tert-OH is 1. The maximum Gasteiger partial charge on any atom is 0.237 e. The van der Waals surface area contributed by atoms with E-state index in [1.54, 1.807) is 0 Å². The first-order valence-corrected chi connectivity index (χ1v) is 10.7. The van der Waals surface area contributed by atoms with Gasteiger partial charge in [0.15, 0.2) is 0 Å². The maximum atomic E-state index is 12.7. The molecule has 2 saturated heterocycles. The number of hydrogen-bond donors (Lipinski definition) is 3. The lowest BCUT2D eigenvalue weighted by Gasteiger charge is -2.30. The average Bonchev–Trinajstić information content (AvgIpc) is 3.13. The lowest BCUT2D eigenvalue weighted by atomic mass is 9.85. The normalized spacial score (nSPS) is 29.4. The molecular formula is C22H33N3O2. The molecule has 1 saturated carbocycles. The topological polar surface area (TPSA) is 64.6 Å². The summed E-state index contributed by atoms with van der Waals surface area (Å²) in [4.78, 5) is 15.1. The fourth-order valence-electron chi connectivity index (χ4n) is 5.03. The summed E-state index contributed by atoms with van der Waals surface area (Å²) in [6, 6.07) is 8.94. The molecule has 5 nitrogen and oxygen atoms in total. The number of likely N-dealkylation sites (tertiary alicyclic amines) is 1. The molecule has 2 aliphatic heterocycles. The molecule has 3 atom stereocenters. The van der Waals surface area contributed by atoms with Crippen LogP contribution < -0.4 is 10.6 Å². The quantitative estimate of drug-likeness (QED) is 0.742. The summed E-state index contributed by atoms with van der Waals surface area (Å²) in [5.41, 5.74) is 2.48. The summed E-state index contributed by atoms with van der Waals surface area (Å²) in [7, 11) is 0. The van der Waals surface area contributed by atoms with Crippen molar-refractivity contribution in [3.05, 3.63) is 35.4 Å². The number of nitrogens with zero attached hydrogens (tertiary/aromatic N) is 1. The van der Waals surface area contributed by atoms with Crippen molar-refractivity contribution in [3.8, 4) is 0 Å². The van der Waals surface area contributed by atoms with E-state index in [-0.39, 0.29) is 18.1 Å². The summed E-state index contributed by atoms with van der Waals surface area (Å²) in [5, 5.41) is 16.4. The summed E-state index contributed by atoms with van der Waals surface area (Å²) in [6.07, 6.45) is 7.67. The Labute approximate surface area is 162 Å². The lowest BCUT2D eigenvalue weighted by molar-refractivity contribution is -0.123. The van der Waals surface area contributed by atoms with Crippen molar-refractivity contribution in [2.45, 2.75) is 76.2 Å². The van der Waals surface area contributed by atoms with Gasteiger partial charge >= 0.3 is 0 Å². The first kappa shape index (κ1) is 18.9. The molecule has 27 heavy (non-hydrogen) atoms. The predicted molar refractivity (Wildman–Crippen MR) is 106 cm³/mol. The Morgan fingerprint density at radius 1 is 1.11 bits per heavy atom. The molecule has 148 valence electrons. The van der Waals surface area contributed by atoms with Crippen LogP contribution in [-0.4, -0.2) is 47.2 Å². The zero-order valence-corrected chi connectivity index (χ0v) is 16.2. The van der Waals surface area contributed by atoms with E-state index in [1.807, 2.05) is 6.07 Å². The molecule has 3 N–H and O–H groups in total. The van der Waals surface area contributed by atoms with Gasteiger partial charge in [-0.15, -0.1) is 0 Å². The van der Waals surface area contributed by atoms with Crippen molar-refractivity contribution in [1.82, 2.24) is 15.5 Å². The smallest absolute Gasteiger partial charge is 0.237 e. The molecule has 3 fully saturated rings. The van der Waals surface area contributed by atoms with Gasteiger partial charge in [-0.1, -0.05) is 37.1 Å². The first-order chi connectivity index (χ1) is 13.2. The van der Waals surface area contributed by atoms with E-state index >= 15 is 0 Å². The Kier molecular flexibility index (Phi) is 6.11. The molecule has 2 heterocycles. The molecule has 1 amide bonds. The third kappa shape index (κ3) is 4.71. The van der Waals surface area contributed by atoms with Crippen molar-refractivity contribution < 1.29 is 9.90 Å². The third-order valence-corrected chi connectivity index (χ3v) is 6.70. The number of carbonyl (C=O) groups is 1. The van der Waals surface area contributed by atoms with Gasteiger partial charge in [0, 0.05) is 32.2 Å². The highest BCUT2D eigenvalue weighted by atomic mass is 16.3. The van der Waals surface area contributed by atoms with E-state index in [0.29, 0.717) is 18.5 Å². The molecule has 0 aromatic heterocycles. The van der Waals surface area contributed by atoms with Crippen molar-refractivity contribution in [2.24, 2.45) is 5.92 Å². The standard InChI is InChI=1S/C22H33N3O2/c26-19-9-11-25(12-10-19)15-18-7-2-1-6-17(18)14-23-22(27)21-13-16-5-3-4-8-20(16)24-21/h1-2,6-7,16,19-21,24,26H,3-5,8-15H2,(H,23,27). The lowest BCUT2D eigenvalue weighted by Crippen LogP contribution is -2.43. The van der Waals surface area contributed by atoms with E-state index in [9.17, 15) is 9.90 Å². The highest BCUT2D eigenvalue weighted by Crippen LogP contribution is 2.33. The Morgan fingerprint density at radius 3 is 2.63 bits per heavy atom. The van der Waals surface area contributed by atoms with E-state index in [1.165, 1.54) is 36.8 Å². The number of carbonyl (C=O) groups excluding carboxylic acids is 1. The average molecular weight is 372 g/mol. The van der Waals surface area contributed by atoms with Crippen LogP contribution in [0, 0.1) is 5.92 Å². The number of fused-ring (bicyclic) bond motifs is 1. The van der Waals surface area contributed by atoms with Gasteiger partial charge in [0.1, 0.15) is 0 Å². The SMILES string of the molecule is O=C(NCc1ccccc1CN1CCC(O)CC1)C1CC2CCCCC2N1. The van der Waals surface area contributed by atoms with Crippen LogP contribution in [0.4, 0.5) is 0 Å². The van der Waals surface area contributed by atoms with Gasteiger partial charge in [-0.3, -0.25) is 9.69 Å². The van der Waals surface area contributed by atoms with Crippen LogP contribution in [0.25, 0.3) is 0 Å². The molecular weight excluding hydrogens is 338 g/mol. The monoisotopic (exact) mass is 371 g/mol. The second kappa shape index (κ2) is 8.72. The molecule has 1 aromatic carbocycles. The Morgan fingerprint density at radius 2 is 1.85 bits per heavy atom. The van der Waals surface area contributed by atoms with E-state index in [0.717, 1.165) is 38.9 Å². The minimum absolute atomic E-state index is 0.0196. The molecule has 3 unspecified atom stereocenters. The molecule has 0 bridgehead atoms. The molecule has 5 heteroatoms. The van der Waals surface area contributed by atoms with Gasteiger partial charge in [-0.25, -0.2) is 0 Å². The first-order valence-electron chi connectivity index (χ1n) is 10.7. The number of rotatable bonds is 5. The highest BCUT2D eigenvalue weighted by Gasteiger charge is 2.38. The van der Waals surface area contributed by atoms with Crippen LogP contribution >= 0.6 is 0 Å². The van der Waals surface area contributed by atoms with Gasteiger partial charge in [-0.05, 0) is 49.1 Å². The van der Waals surface area contributed by atoms with Gasteiger partial charge in [-0.2, -0.15) is 0 Å². The second-order valence-corrected chi connectivity index (χ2v) is 8.60. The molecule has 1 aliphatic carbocycles. The van der Waals surface area contributed by atoms with Crippen LogP contribution in [0.15, 0.2) is 24.3 Å². The Balaban J connectivity index is 1.31. The minimum Gasteiger partial charge on any atom is -0.393 e. The maximum absolute atomic E-state index is 12.7. The van der Waals surface area contributed by atoms with E-state index in [2.05, 4.69) is 33.7 Å². The molecule has 0 spiro atoms. The summed E-state index contributed by atoms with van der Waals surface area (Å²) in [6.45, 7) is 3.37. The van der Waals surface area contributed by atoms with Crippen LogP contribution in [-0.2, 0) is 17.9 Å². The Bertz CT molecular complexity index is 628. The zero-order valence-electron chi connectivity index (χ0n) is 16.2. The number of benzene rings is 1. The third-order valence-electron chi connectivity index (χ3n) is 6.70. The van der Waals surface area contributed by atoms with Crippen molar-refractivity contribution in [3.63, 3.8) is 0 Å². The number of aliphatic hydroxyl groups is 1. The fraction of sp³-hybridized carbons (Fsp3) is 0.682. The minimum atomic E-state index is -0.140. The number of nitrogens with one attached hydrogen (secondary N) is 2. The summed E-state index contributed by atoms with van der Waals surface area (Å²) >= 11 is 0. The molecule has 4 rings (SSSR count). The molecule has 0 radical (unpaired) electrons. The van der Waals surface area contributed by atoms with Crippen LogP contribution in [0.1, 0.15) is 56.1 Å². The largest absolute Gasteiger partial charge is 0.393 e. The predicted octanol–water partition coefficient (Wildman–Crippen LogP) is 2.18. The highest BCUT2D eigenvalue weighted by molar-refractivity contribution is 5.82.